The molecule has 8 heteroatoms. The van der Waals surface area contributed by atoms with E-state index in [2.05, 4.69) is 0 Å². The molecule has 1 atom stereocenters. The van der Waals surface area contributed by atoms with Crippen molar-refractivity contribution in [2.24, 2.45) is 5.92 Å². The smallest absolute Gasteiger partial charge is 0.416 e. The van der Waals surface area contributed by atoms with E-state index in [1.165, 1.54) is 23.9 Å². The number of hydrogen-bond acceptors (Lipinski definition) is 4. The van der Waals surface area contributed by atoms with E-state index >= 15 is 0 Å². The van der Waals surface area contributed by atoms with Crippen LogP contribution in [0, 0.1) is 5.92 Å². The normalized spacial score (nSPS) is 12.5. The number of hydrogen-bond donors (Lipinski definition) is 1. The minimum Gasteiger partial charge on any atom is -0.487 e. The molecule has 1 N–H and O–H groups in total. The maximum Gasteiger partial charge on any atom is 0.416 e. The zero-order valence-corrected chi connectivity index (χ0v) is 18.7. The first-order valence-corrected chi connectivity index (χ1v) is 11.7. The number of carbonyl (C=O) groups excluding carboxylic acids is 1. The average Bonchev–Trinajstić information content (AvgIpc) is 2.79. The minimum absolute atomic E-state index is 0.0404. The molecule has 174 valence electrons. The van der Waals surface area contributed by atoms with Crippen molar-refractivity contribution < 1.29 is 32.6 Å². The van der Waals surface area contributed by atoms with E-state index in [-0.39, 0.29) is 24.4 Å². The van der Waals surface area contributed by atoms with Crippen molar-refractivity contribution in [1.82, 2.24) is 0 Å². The molecule has 0 aliphatic heterocycles. The Morgan fingerprint density at radius 1 is 1.03 bits per heavy atom. The second kappa shape index (κ2) is 10.7. The number of rotatable bonds is 10. The van der Waals surface area contributed by atoms with E-state index in [4.69, 9.17) is 4.74 Å². The first kappa shape index (κ1) is 24.6. The highest BCUT2D eigenvalue weighted by atomic mass is 32.2. The maximum absolute atomic E-state index is 13.1. The predicted octanol–water partition coefficient (Wildman–Crippen LogP) is 6.46. The fourth-order valence-corrected chi connectivity index (χ4v) is 3.99. The van der Waals surface area contributed by atoms with Crippen LogP contribution in [0.5, 0.6) is 5.75 Å². The highest BCUT2D eigenvalue weighted by Gasteiger charge is 2.30. The molecule has 0 amide bonds. The van der Waals surface area contributed by atoms with Crippen LogP contribution in [0.1, 0.15) is 34.3 Å². The van der Waals surface area contributed by atoms with E-state index in [9.17, 15) is 27.9 Å². The number of carbonyl (C=O) groups is 2. The standard InChI is InChI=1S/C25H23F3O4S/c1-33-13-12-18(24(30)31)14-22(29)21-11-8-17-4-2-3-5-20(17)23(21)32-15-16-6-9-19(10-7-16)25(26,27)28/h2-11,18H,12-15H2,1H3,(H,30,31)/t18-/m1/s1. The molecule has 0 aliphatic carbocycles. The maximum atomic E-state index is 13.1. The van der Waals surface area contributed by atoms with Gasteiger partial charge >= 0.3 is 12.1 Å². The molecule has 0 aromatic heterocycles. The number of Topliss-reactive ketones (excluding diaryl/α,β-unsaturated/α-hetero) is 1. The third-order valence-electron chi connectivity index (χ3n) is 5.30. The SMILES string of the molecule is CSCC[C@H](CC(=O)c1ccc2ccccc2c1OCc1ccc(C(F)(F)F)cc1)C(=O)O. The van der Waals surface area contributed by atoms with Gasteiger partial charge in [0.2, 0.25) is 0 Å². The van der Waals surface area contributed by atoms with Crippen molar-refractivity contribution in [2.75, 3.05) is 12.0 Å². The Balaban J connectivity index is 1.88. The zero-order chi connectivity index (χ0) is 24.0. The summed E-state index contributed by atoms with van der Waals surface area (Å²) in [6.07, 6.45) is -2.34. The number of alkyl halides is 3. The van der Waals surface area contributed by atoms with Gasteiger partial charge in [-0.05, 0) is 47.6 Å². The van der Waals surface area contributed by atoms with Gasteiger partial charge in [-0.15, -0.1) is 0 Å². The molecule has 33 heavy (non-hydrogen) atoms. The zero-order valence-electron chi connectivity index (χ0n) is 17.9. The Bertz CT molecular complexity index is 1130. The summed E-state index contributed by atoms with van der Waals surface area (Å²) < 4.78 is 44.4. The monoisotopic (exact) mass is 476 g/mol. The predicted molar refractivity (Wildman–Crippen MR) is 123 cm³/mol. The Morgan fingerprint density at radius 2 is 1.73 bits per heavy atom. The molecule has 0 spiro atoms. The van der Waals surface area contributed by atoms with Gasteiger partial charge in [0.25, 0.3) is 0 Å². The largest absolute Gasteiger partial charge is 0.487 e. The van der Waals surface area contributed by atoms with Crippen LogP contribution in [0.3, 0.4) is 0 Å². The van der Waals surface area contributed by atoms with Gasteiger partial charge in [-0.25, -0.2) is 0 Å². The number of benzene rings is 3. The number of carboxylic acids is 1. The van der Waals surface area contributed by atoms with E-state index in [0.717, 1.165) is 17.5 Å². The third-order valence-corrected chi connectivity index (χ3v) is 5.94. The number of ketones is 1. The molecular formula is C25H23F3O4S. The molecule has 0 fully saturated rings. The first-order valence-electron chi connectivity index (χ1n) is 10.3. The molecule has 3 aromatic carbocycles. The Kier molecular flexibility index (Phi) is 8.02. The lowest BCUT2D eigenvalue weighted by Crippen LogP contribution is -2.19. The molecule has 3 rings (SSSR count). The number of thioether (sulfide) groups is 1. The van der Waals surface area contributed by atoms with E-state index in [1.807, 2.05) is 18.4 Å². The van der Waals surface area contributed by atoms with Crippen LogP contribution in [0.4, 0.5) is 13.2 Å². The van der Waals surface area contributed by atoms with Crippen LogP contribution >= 0.6 is 11.8 Å². The summed E-state index contributed by atoms with van der Waals surface area (Å²) in [5.74, 6) is -1.26. The fourth-order valence-electron chi connectivity index (χ4n) is 3.47. The van der Waals surface area contributed by atoms with Gasteiger partial charge in [0.05, 0.1) is 17.0 Å². The summed E-state index contributed by atoms with van der Waals surface area (Å²) in [6, 6.07) is 15.3. The van der Waals surface area contributed by atoms with Crippen LogP contribution in [-0.4, -0.2) is 28.9 Å². The molecule has 4 nitrogen and oxygen atoms in total. The quantitative estimate of drug-likeness (QED) is 0.340. The van der Waals surface area contributed by atoms with Crippen molar-refractivity contribution in [2.45, 2.75) is 25.6 Å². The highest BCUT2D eigenvalue weighted by molar-refractivity contribution is 7.98. The second-order valence-corrected chi connectivity index (χ2v) is 8.58. The Labute approximate surface area is 193 Å². The minimum atomic E-state index is -4.43. The number of ether oxygens (including phenoxy) is 1. The van der Waals surface area contributed by atoms with E-state index < -0.39 is 23.6 Å². The highest BCUT2D eigenvalue weighted by Crippen LogP contribution is 2.33. The third kappa shape index (κ3) is 6.28. The van der Waals surface area contributed by atoms with Crippen molar-refractivity contribution in [3.8, 4) is 5.75 Å². The van der Waals surface area contributed by atoms with Crippen LogP contribution in [0.25, 0.3) is 10.8 Å². The first-order chi connectivity index (χ1) is 15.7. The van der Waals surface area contributed by atoms with Crippen LogP contribution in [0.2, 0.25) is 0 Å². The number of aliphatic carboxylic acids is 1. The summed E-state index contributed by atoms with van der Waals surface area (Å²) in [5, 5.41) is 11.0. The van der Waals surface area contributed by atoms with Gasteiger partial charge in [-0.1, -0.05) is 42.5 Å². The molecule has 3 aromatic rings. The summed E-state index contributed by atoms with van der Waals surface area (Å²) in [5.41, 5.74) is 0.0194. The van der Waals surface area contributed by atoms with E-state index in [1.54, 1.807) is 24.3 Å². The lowest BCUT2D eigenvalue weighted by molar-refractivity contribution is -0.141. The topological polar surface area (TPSA) is 63.6 Å². The van der Waals surface area contributed by atoms with Crippen molar-refractivity contribution >= 4 is 34.3 Å². The molecule has 0 unspecified atom stereocenters. The number of carboxylic acid groups (broad SMARTS) is 1. The van der Waals surface area contributed by atoms with Crippen LogP contribution in [-0.2, 0) is 17.6 Å². The number of halogens is 3. The van der Waals surface area contributed by atoms with Gasteiger partial charge in [0.1, 0.15) is 12.4 Å². The van der Waals surface area contributed by atoms with Crippen molar-refractivity contribution in [1.29, 1.82) is 0 Å². The lowest BCUT2D eigenvalue weighted by atomic mass is 9.94. The average molecular weight is 477 g/mol. The molecule has 0 radical (unpaired) electrons. The summed E-state index contributed by atoms with van der Waals surface area (Å²) in [6.45, 7) is -0.0404. The summed E-state index contributed by atoms with van der Waals surface area (Å²) in [4.78, 5) is 24.7. The van der Waals surface area contributed by atoms with Gasteiger partial charge in [0.15, 0.2) is 5.78 Å². The Morgan fingerprint density at radius 3 is 2.36 bits per heavy atom. The van der Waals surface area contributed by atoms with Crippen LogP contribution in [0.15, 0.2) is 60.7 Å². The molecule has 0 bridgehead atoms. The number of fused-ring (bicyclic) bond motifs is 1. The second-order valence-electron chi connectivity index (χ2n) is 7.59. The molecule has 0 saturated heterocycles. The van der Waals surface area contributed by atoms with Crippen molar-refractivity contribution in [3.05, 3.63) is 77.4 Å². The van der Waals surface area contributed by atoms with Gasteiger partial charge in [-0.3, -0.25) is 9.59 Å². The molecule has 0 saturated carbocycles. The summed E-state index contributed by atoms with van der Waals surface area (Å²) in [7, 11) is 0. The Hall–Kier alpha value is -3.00. The van der Waals surface area contributed by atoms with Gasteiger partial charge in [0, 0.05) is 11.8 Å². The van der Waals surface area contributed by atoms with Gasteiger partial charge in [-0.2, -0.15) is 24.9 Å². The molecule has 0 heterocycles. The van der Waals surface area contributed by atoms with Gasteiger partial charge < -0.3 is 9.84 Å². The van der Waals surface area contributed by atoms with Crippen LogP contribution < -0.4 is 4.74 Å². The fraction of sp³-hybridized carbons (Fsp3) is 0.280. The lowest BCUT2D eigenvalue weighted by Gasteiger charge is -2.16. The summed E-state index contributed by atoms with van der Waals surface area (Å²) >= 11 is 1.51. The van der Waals surface area contributed by atoms with E-state index in [0.29, 0.717) is 28.9 Å². The molecule has 0 aliphatic rings. The van der Waals surface area contributed by atoms with Crippen molar-refractivity contribution in [3.63, 3.8) is 0 Å². The molecular weight excluding hydrogens is 453 g/mol.